The molecule has 0 N–H and O–H groups in total. The van der Waals surface area contributed by atoms with Crippen LogP contribution in [0.5, 0.6) is 0 Å². The average molecular weight is 246 g/mol. The highest BCUT2D eigenvalue weighted by Gasteiger charge is 2.03. The van der Waals surface area contributed by atoms with Crippen LogP contribution in [0.25, 0.3) is 0 Å². The fourth-order valence-corrected chi connectivity index (χ4v) is 2.45. The monoisotopic (exact) mass is 246 g/mol. The van der Waals surface area contributed by atoms with Crippen molar-refractivity contribution in [1.82, 2.24) is 0 Å². The number of hydrogen-bond donors (Lipinski definition) is 0. The highest BCUT2D eigenvalue weighted by atomic mass is 14.1. The fourth-order valence-electron chi connectivity index (χ4n) is 2.45. The average Bonchev–Trinajstić information content (AvgIpc) is 2.30. The summed E-state index contributed by atoms with van der Waals surface area (Å²) in [5.41, 5.74) is 3.17. The molecule has 0 bridgehead atoms. The predicted octanol–water partition coefficient (Wildman–Crippen LogP) is 5.64. The van der Waals surface area contributed by atoms with Crippen LogP contribution in [0.4, 0.5) is 0 Å². The maximum atomic E-state index is 2.32. The normalized spacial score (nSPS) is 11.4. The molecule has 0 unspecified atom stereocenters. The van der Waals surface area contributed by atoms with Gasteiger partial charge in [0, 0.05) is 0 Å². The van der Waals surface area contributed by atoms with Crippen molar-refractivity contribution >= 4 is 0 Å². The molecule has 0 aliphatic heterocycles. The van der Waals surface area contributed by atoms with Crippen LogP contribution in [-0.4, -0.2) is 0 Å². The summed E-state index contributed by atoms with van der Waals surface area (Å²) in [7, 11) is 0. The summed E-state index contributed by atoms with van der Waals surface area (Å²) in [5.74, 6) is 1.66. The van der Waals surface area contributed by atoms with Crippen molar-refractivity contribution in [3.05, 3.63) is 35.4 Å². The van der Waals surface area contributed by atoms with Crippen molar-refractivity contribution in [1.29, 1.82) is 0 Å². The molecule has 1 rings (SSSR count). The van der Waals surface area contributed by atoms with Crippen LogP contribution in [0.15, 0.2) is 24.3 Å². The van der Waals surface area contributed by atoms with E-state index >= 15 is 0 Å². The first-order chi connectivity index (χ1) is 8.59. The zero-order valence-electron chi connectivity index (χ0n) is 12.7. The van der Waals surface area contributed by atoms with E-state index in [-0.39, 0.29) is 0 Å². The Morgan fingerprint density at radius 3 is 1.44 bits per heavy atom. The third-order valence-electron chi connectivity index (χ3n) is 3.57. The molecule has 0 amide bonds. The third-order valence-corrected chi connectivity index (χ3v) is 3.57. The van der Waals surface area contributed by atoms with Crippen LogP contribution in [0.3, 0.4) is 0 Å². The predicted molar refractivity (Wildman–Crippen MR) is 82.0 cm³/mol. The molecule has 102 valence electrons. The molecule has 0 aliphatic carbocycles. The van der Waals surface area contributed by atoms with Crippen LogP contribution in [0, 0.1) is 11.8 Å². The maximum absolute atomic E-state index is 2.32. The molecule has 0 nitrogen and oxygen atoms in total. The van der Waals surface area contributed by atoms with E-state index in [1.54, 1.807) is 11.1 Å². The molecule has 0 fully saturated rings. The second-order valence-electron chi connectivity index (χ2n) is 6.34. The van der Waals surface area contributed by atoms with E-state index in [9.17, 15) is 0 Å². The summed E-state index contributed by atoms with van der Waals surface area (Å²) < 4.78 is 0. The Labute approximate surface area is 114 Å². The molecule has 0 atom stereocenters. The number of aryl methyl sites for hydroxylation is 2. The highest BCUT2D eigenvalue weighted by molar-refractivity contribution is 5.27. The lowest BCUT2D eigenvalue weighted by Crippen LogP contribution is -1.98. The standard InChI is InChI=1S/C18H30/c1-15(2)9-7-13-17-11-5-6-12-18(17)14-8-10-16(3)4/h5-6,11-12,15-16H,7-10,13-14H2,1-4H3. The summed E-state index contributed by atoms with van der Waals surface area (Å²) in [6, 6.07) is 9.03. The summed E-state index contributed by atoms with van der Waals surface area (Å²) in [6.07, 6.45) is 7.88. The Morgan fingerprint density at radius 1 is 0.722 bits per heavy atom. The zero-order chi connectivity index (χ0) is 13.4. The largest absolute Gasteiger partial charge is 0.0628 e. The Bertz CT molecular complexity index is 290. The van der Waals surface area contributed by atoms with Crippen LogP contribution in [0.1, 0.15) is 64.5 Å². The minimum Gasteiger partial charge on any atom is -0.0628 e. The lowest BCUT2D eigenvalue weighted by Gasteiger charge is -2.11. The lowest BCUT2D eigenvalue weighted by atomic mass is 9.95. The van der Waals surface area contributed by atoms with Crippen LogP contribution < -0.4 is 0 Å². The van der Waals surface area contributed by atoms with E-state index in [4.69, 9.17) is 0 Å². The molecular formula is C18H30. The molecule has 0 saturated heterocycles. The molecule has 0 aliphatic rings. The van der Waals surface area contributed by atoms with Gasteiger partial charge in [-0.2, -0.15) is 0 Å². The van der Waals surface area contributed by atoms with E-state index in [1.807, 2.05) is 0 Å². The Morgan fingerprint density at radius 2 is 1.11 bits per heavy atom. The van der Waals surface area contributed by atoms with Crippen molar-refractivity contribution in [2.24, 2.45) is 11.8 Å². The van der Waals surface area contributed by atoms with Gasteiger partial charge in [-0.3, -0.25) is 0 Å². The molecule has 0 spiro atoms. The smallest absolute Gasteiger partial charge is 0.0276 e. The molecular weight excluding hydrogens is 216 g/mol. The second kappa shape index (κ2) is 8.34. The van der Waals surface area contributed by atoms with Crippen molar-refractivity contribution in [3.63, 3.8) is 0 Å². The summed E-state index contributed by atoms with van der Waals surface area (Å²) >= 11 is 0. The van der Waals surface area contributed by atoms with Gasteiger partial charge in [0.05, 0.1) is 0 Å². The van der Waals surface area contributed by atoms with Crippen LogP contribution in [0.2, 0.25) is 0 Å². The second-order valence-corrected chi connectivity index (χ2v) is 6.34. The summed E-state index contributed by atoms with van der Waals surface area (Å²) in [6.45, 7) is 9.26. The molecule has 0 radical (unpaired) electrons. The van der Waals surface area contributed by atoms with E-state index in [0.717, 1.165) is 11.8 Å². The number of benzene rings is 1. The first-order valence-electron chi connectivity index (χ1n) is 7.66. The van der Waals surface area contributed by atoms with E-state index in [1.165, 1.54) is 38.5 Å². The lowest BCUT2D eigenvalue weighted by molar-refractivity contribution is 0.547. The summed E-state index contributed by atoms with van der Waals surface area (Å²) in [4.78, 5) is 0. The molecule has 18 heavy (non-hydrogen) atoms. The van der Waals surface area contributed by atoms with Crippen LogP contribution >= 0.6 is 0 Å². The Kier molecular flexibility index (Phi) is 7.08. The van der Waals surface area contributed by atoms with Gasteiger partial charge in [-0.1, -0.05) is 64.8 Å². The van der Waals surface area contributed by atoms with Gasteiger partial charge < -0.3 is 0 Å². The van der Waals surface area contributed by atoms with Gasteiger partial charge in [-0.05, 0) is 48.6 Å². The molecule has 0 aromatic heterocycles. The minimum atomic E-state index is 0.832. The van der Waals surface area contributed by atoms with E-state index in [0.29, 0.717) is 0 Å². The van der Waals surface area contributed by atoms with Crippen LogP contribution in [-0.2, 0) is 12.8 Å². The molecule has 1 aromatic carbocycles. The first kappa shape index (κ1) is 15.3. The summed E-state index contributed by atoms with van der Waals surface area (Å²) in [5, 5.41) is 0. The first-order valence-corrected chi connectivity index (χ1v) is 7.66. The molecule has 0 saturated carbocycles. The number of hydrogen-bond acceptors (Lipinski definition) is 0. The van der Waals surface area contributed by atoms with Crippen molar-refractivity contribution in [2.75, 3.05) is 0 Å². The van der Waals surface area contributed by atoms with Gasteiger partial charge in [0.25, 0.3) is 0 Å². The van der Waals surface area contributed by atoms with Gasteiger partial charge in [-0.15, -0.1) is 0 Å². The van der Waals surface area contributed by atoms with Gasteiger partial charge in [0.1, 0.15) is 0 Å². The topological polar surface area (TPSA) is 0 Å². The van der Waals surface area contributed by atoms with Crippen molar-refractivity contribution in [3.8, 4) is 0 Å². The number of rotatable bonds is 8. The maximum Gasteiger partial charge on any atom is -0.0276 e. The van der Waals surface area contributed by atoms with E-state index in [2.05, 4.69) is 52.0 Å². The van der Waals surface area contributed by atoms with E-state index < -0.39 is 0 Å². The molecule has 0 heterocycles. The quantitative estimate of drug-likeness (QED) is 0.556. The van der Waals surface area contributed by atoms with Gasteiger partial charge >= 0.3 is 0 Å². The third kappa shape index (κ3) is 6.23. The van der Waals surface area contributed by atoms with Crippen molar-refractivity contribution < 1.29 is 0 Å². The van der Waals surface area contributed by atoms with Gasteiger partial charge in [0.15, 0.2) is 0 Å². The molecule has 0 heteroatoms. The highest BCUT2D eigenvalue weighted by Crippen LogP contribution is 2.17. The Hall–Kier alpha value is -0.780. The van der Waals surface area contributed by atoms with Crippen molar-refractivity contribution in [2.45, 2.75) is 66.2 Å². The minimum absolute atomic E-state index is 0.832. The molecule has 1 aromatic rings. The SMILES string of the molecule is CC(C)CCCc1ccccc1CCCC(C)C. The Balaban J connectivity index is 2.45. The van der Waals surface area contributed by atoms with Gasteiger partial charge in [-0.25, -0.2) is 0 Å². The fraction of sp³-hybridized carbons (Fsp3) is 0.667. The van der Waals surface area contributed by atoms with Gasteiger partial charge in [0.2, 0.25) is 0 Å². The zero-order valence-corrected chi connectivity index (χ0v) is 12.7.